The molecule has 7 nitrogen and oxygen atoms in total. The van der Waals surface area contributed by atoms with E-state index in [4.69, 9.17) is 0 Å². The van der Waals surface area contributed by atoms with Crippen molar-refractivity contribution in [2.24, 2.45) is 5.92 Å². The van der Waals surface area contributed by atoms with Crippen LogP contribution in [0.1, 0.15) is 44.1 Å². The fourth-order valence-electron chi connectivity index (χ4n) is 3.46. The zero-order chi connectivity index (χ0) is 20.4. The van der Waals surface area contributed by atoms with E-state index in [-0.39, 0.29) is 24.3 Å². The third-order valence-corrected chi connectivity index (χ3v) is 5.13. The molecule has 1 aliphatic carbocycles. The van der Waals surface area contributed by atoms with E-state index in [1.54, 1.807) is 0 Å². The Balaban J connectivity index is 1.71. The molecule has 0 aliphatic heterocycles. The number of benzene rings is 1. The molecule has 0 unspecified atom stereocenters. The van der Waals surface area contributed by atoms with Crippen LogP contribution >= 0.6 is 0 Å². The third-order valence-electron chi connectivity index (χ3n) is 5.13. The van der Waals surface area contributed by atoms with Crippen LogP contribution in [-0.4, -0.2) is 48.7 Å². The molecule has 28 heavy (non-hydrogen) atoms. The van der Waals surface area contributed by atoms with Crippen molar-refractivity contribution in [1.29, 1.82) is 0 Å². The van der Waals surface area contributed by atoms with Crippen LogP contribution in [0.4, 0.5) is 0 Å². The van der Waals surface area contributed by atoms with Crippen LogP contribution in [0.5, 0.6) is 0 Å². The third kappa shape index (κ3) is 7.31. The van der Waals surface area contributed by atoms with E-state index in [0.29, 0.717) is 25.7 Å². The number of carbonyl (C=O) groups is 3. The maximum absolute atomic E-state index is 12.2. The molecule has 2 rings (SSSR count). The van der Waals surface area contributed by atoms with Gasteiger partial charge in [-0.15, -0.1) is 0 Å². The van der Waals surface area contributed by atoms with E-state index in [2.05, 4.69) is 27.5 Å². The van der Waals surface area contributed by atoms with Gasteiger partial charge in [-0.05, 0) is 44.1 Å². The number of hydrogen-bond acceptors (Lipinski definition) is 5. The molecule has 0 radical (unpaired) electrons. The summed E-state index contributed by atoms with van der Waals surface area (Å²) in [7, 11) is 1.26. The summed E-state index contributed by atoms with van der Waals surface area (Å²) in [5, 5.41) is 15.6. The lowest BCUT2D eigenvalue weighted by Gasteiger charge is -2.33. The largest absolute Gasteiger partial charge is 0.468 e. The molecular formula is C21H30N2O5. The summed E-state index contributed by atoms with van der Waals surface area (Å²) in [6, 6.07) is 9.70. The number of aliphatic hydroxyl groups is 1. The van der Waals surface area contributed by atoms with Crippen molar-refractivity contribution >= 4 is 17.8 Å². The maximum Gasteiger partial charge on any atom is 0.325 e. The Morgan fingerprint density at radius 1 is 1.14 bits per heavy atom. The number of carbonyl (C=O) groups excluding carboxylic acids is 3. The molecule has 0 aromatic heterocycles. The lowest BCUT2D eigenvalue weighted by molar-refractivity contribution is -0.142. The van der Waals surface area contributed by atoms with Crippen molar-refractivity contribution in [3.63, 3.8) is 0 Å². The molecule has 0 heterocycles. The Bertz CT molecular complexity index is 649. The topological polar surface area (TPSA) is 105 Å². The van der Waals surface area contributed by atoms with Gasteiger partial charge in [-0.3, -0.25) is 14.4 Å². The van der Waals surface area contributed by atoms with Gasteiger partial charge in [-0.1, -0.05) is 30.3 Å². The number of aryl methyl sites for hydroxylation is 1. The van der Waals surface area contributed by atoms with Crippen LogP contribution in [0.3, 0.4) is 0 Å². The van der Waals surface area contributed by atoms with Crippen molar-refractivity contribution in [3.8, 4) is 0 Å². The monoisotopic (exact) mass is 390 g/mol. The van der Waals surface area contributed by atoms with Gasteiger partial charge in [0.05, 0.1) is 19.3 Å². The molecule has 0 bridgehead atoms. The minimum atomic E-state index is -0.655. The molecule has 3 atom stereocenters. The Labute approximate surface area is 165 Å². The van der Waals surface area contributed by atoms with Gasteiger partial charge in [0.15, 0.2) is 0 Å². The highest BCUT2D eigenvalue weighted by Gasteiger charge is 2.33. The molecule has 0 spiro atoms. The number of aliphatic hydroxyl groups excluding tert-OH is 1. The predicted octanol–water partition coefficient (Wildman–Crippen LogP) is 1.33. The molecule has 7 heteroatoms. The van der Waals surface area contributed by atoms with E-state index in [9.17, 15) is 19.5 Å². The molecule has 1 aromatic rings. The average Bonchev–Trinajstić information content (AvgIpc) is 2.71. The second-order valence-corrected chi connectivity index (χ2v) is 7.24. The van der Waals surface area contributed by atoms with Gasteiger partial charge in [0.25, 0.3) is 0 Å². The van der Waals surface area contributed by atoms with Crippen molar-refractivity contribution in [2.45, 2.75) is 57.1 Å². The molecule has 2 amide bonds. The smallest absolute Gasteiger partial charge is 0.325 e. The van der Waals surface area contributed by atoms with Gasteiger partial charge in [0, 0.05) is 12.3 Å². The first-order valence-electron chi connectivity index (χ1n) is 9.85. The van der Waals surface area contributed by atoms with E-state index in [0.717, 1.165) is 19.3 Å². The normalized spacial score (nSPS) is 21.6. The lowest BCUT2D eigenvalue weighted by atomic mass is 9.83. The first-order valence-corrected chi connectivity index (χ1v) is 9.85. The van der Waals surface area contributed by atoms with Crippen molar-refractivity contribution in [1.82, 2.24) is 10.6 Å². The fraction of sp³-hybridized carbons (Fsp3) is 0.571. The van der Waals surface area contributed by atoms with Crippen LogP contribution < -0.4 is 10.6 Å². The molecular weight excluding hydrogens is 360 g/mol. The van der Waals surface area contributed by atoms with Crippen molar-refractivity contribution in [3.05, 3.63) is 35.9 Å². The molecule has 154 valence electrons. The van der Waals surface area contributed by atoms with Gasteiger partial charge in [-0.25, -0.2) is 0 Å². The molecule has 1 saturated carbocycles. The van der Waals surface area contributed by atoms with Gasteiger partial charge in [-0.2, -0.15) is 0 Å². The number of esters is 1. The van der Waals surface area contributed by atoms with Crippen molar-refractivity contribution in [2.75, 3.05) is 13.7 Å². The van der Waals surface area contributed by atoms with E-state index in [1.165, 1.54) is 12.7 Å². The number of hydrogen-bond donors (Lipinski definition) is 3. The van der Waals surface area contributed by atoms with Gasteiger partial charge >= 0.3 is 5.97 Å². The first kappa shape index (κ1) is 21.9. The number of nitrogens with one attached hydrogen (secondary N) is 2. The standard InChI is InChI=1S/C21H30N2O5/c1-28-20(26)14-22-21(27)16-11-12-18(24)17(13-16)23-19(25)10-6-5-9-15-7-3-2-4-8-15/h2-4,7-8,16-18,24H,5-6,9-14H2,1H3,(H,22,27)(H,23,25)/t16-,17+,18+/m0/s1. The van der Waals surface area contributed by atoms with Gasteiger partial charge < -0.3 is 20.5 Å². The van der Waals surface area contributed by atoms with Crippen LogP contribution in [0.2, 0.25) is 0 Å². The highest BCUT2D eigenvalue weighted by Crippen LogP contribution is 2.25. The average molecular weight is 390 g/mol. The quantitative estimate of drug-likeness (QED) is 0.436. The summed E-state index contributed by atoms with van der Waals surface area (Å²) >= 11 is 0. The van der Waals surface area contributed by atoms with Crippen LogP contribution in [0.15, 0.2) is 30.3 Å². The summed E-state index contributed by atoms with van der Waals surface area (Å²) < 4.78 is 4.50. The minimum Gasteiger partial charge on any atom is -0.468 e. The molecule has 1 fully saturated rings. The van der Waals surface area contributed by atoms with Gasteiger partial charge in [0.1, 0.15) is 6.54 Å². The van der Waals surface area contributed by atoms with Crippen molar-refractivity contribution < 1.29 is 24.2 Å². The maximum atomic E-state index is 12.2. The summed E-state index contributed by atoms with van der Waals surface area (Å²) in [5.41, 5.74) is 1.26. The Morgan fingerprint density at radius 3 is 2.61 bits per heavy atom. The van der Waals surface area contributed by atoms with Crippen LogP contribution in [0, 0.1) is 5.92 Å². The van der Waals surface area contributed by atoms with E-state index in [1.807, 2.05) is 18.2 Å². The molecule has 0 saturated heterocycles. The van der Waals surface area contributed by atoms with Gasteiger partial charge in [0.2, 0.25) is 11.8 Å². The number of unbranched alkanes of at least 4 members (excludes halogenated alkanes) is 1. The van der Waals surface area contributed by atoms with Crippen LogP contribution in [0.25, 0.3) is 0 Å². The number of amides is 2. The minimum absolute atomic E-state index is 0.104. The number of ether oxygens (including phenoxy) is 1. The van der Waals surface area contributed by atoms with Crippen LogP contribution in [-0.2, 0) is 25.5 Å². The fourth-order valence-corrected chi connectivity index (χ4v) is 3.46. The summed E-state index contributed by atoms with van der Waals surface area (Å²) in [6.45, 7) is -0.174. The second kappa shape index (κ2) is 11.4. The zero-order valence-corrected chi connectivity index (χ0v) is 16.4. The number of rotatable bonds is 9. The second-order valence-electron chi connectivity index (χ2n) is 7.24. The molecule has 1 aliphatic rings. The zero-order valence-electron chi connectivity index (χ0n) is 16.4. The first-order chi connectivity index (χ1) is 13.5. The summed E-state index contributed by atoms with van der Waals surface area (Å²) in [5.74, 6) is -1.20. The summed E-state index contributed by atoms with van der Waals surface area (Å²) in [4.78, 5) is 35.5. The highest BCUT2D eigenvalue weighted by atomic mass is 16.5. The highest BCUT2D eigenvalue weighted by molar-refractivity contribution is 5.83. The predicted molar refractivity (Wildman–Crippen MR) is 104 cm³/mol. The SMILES string of the molecule is COC(=O)CNC(=O)[C@H]1CC[C@@H](O)[C@H](NC(=O)CCCCc2ccccc2)C1. The number of methoxy groups -OCH3 is 1. The van der Waals surface area contributed by atoms with E-state index < -0.39 is 18.1 Å². The Morgan fingerprint density at radius 2 is 1.89 bits per heavy atom. The lowest BCUT2D eigenvalue weighted by Crippen LogP contribution is -2.49. The Kier molecular flexibility index (Phi) is 8.94. The molecule has 3 N–H and O–H groups in total. The Hall–Kier alpha value is -2.41. The molecule has 1 aromatic carbocycles. The summed E-state index contributed by atoms with van der Waals surface area (Å²) in [6.07, 6.45) is 3.70. The van der Waals surface area contributed by atoms with E-state index >= 15 is 0 Å².